The van der Waals surface area contributed by atoms with Crippen molar-refractivity contribution >= 4 is 17.5 Å². The molecule has 17 heavy (non-hydrogen) atoms. The molecule has 92 valence electrons. The number of carbonyl (C=O) groups is 1. The van der Waals surface area contributed by atoms with E-state index in [0.29, 0.717) is 37.0 Å². The normalized spacial score (nSPS) is 15.0. The average molecular weight is 256 g/mol. The Morgan fingerprint density at radius 1 is 1.47 bits per heavy atom. The molecule has 0 unspecified atom stereocenters. The molecule has 1 aromatic rings. The van der Waals surface area contributed by atoms with E-state index in [1.165, 1.54) is 5.06 Å². The molecular weight excluding hydrogens is 242 g/mol. The van der Waals surface area contributed by atoms with Gasteiger partial charge < -0.3 is 4.74 Å². The molecule has 0 aromatic heterocycles. The van der Waals surface area contributed by atoms with E-state index in [2.05, 4.69) is 0 Å². The van der Waals surface area contributed by atoms with Gasteiger partial charge in [-0.15, -0.1) is 0 Å². The summed E-state index contributed by atoms with van der Waals surface area (Å²) in [6, 6.07) is 7.20. The summed E-state index contributed by atoms with van der Waals surface area (Å²) in [4.78, 5) is 16.8. The Labute approximate surface area is 105 Å². The molecule has 1 aliphatic rings. The van der Waals surface area contributed by atoms with Crippen LogP contribution in [-0.2, 0) is 9.63 Å². The average Bonchev–Trinajstić information content (AvgIpc) is 2.85. The SMILES string of the molecule is O=C(CCOc1ccccc1Cl)N1CCCO1. The van der Waals surface area contributed by atoms with Gasteiger partial charge in [0.1, 0.15) is 5.75 Å². The molecule has 5 heteroatoms. The fraction of sp³-hybridized carbons (Fsp3) is 0.417. The number of amides is 1. The number of halogens is 1. The number of ether oxygens (including phenoxy) is 1. The molecule has 2 rings (SSSR count). The van der Waals surface area contributed by atoms with Crippen molar-refractivity contribution in [3.63, 3.8) is 0 Å². The fourth-order valence-corrected chi connectivity index (χ4v) is 1.77. The Morgan fingerprint density at radius 2 is 2.29 bits per heavy atom. The fourth-order valence-electron chi connectivity index (χ4n) is 1.58. The first kappa shape index (κ1) is 12.2. The molecule has 0 aliphatic carbocycles. The highest BCUT2D eigenvalue weighted by atomic mass is 35.5. The van der Waals surface area contributed by atoms with E-state index in [0.717, 1.165) is 6.42 Å². The van der Waals surface area contributed by atoms with Crippen molar-refractivity contribution in [2.24, 2.45) is 0 Å². The molecule has 0 spiro atoms. The quantitative estimate of drug-likeness (QED) is 0.829. The van der Waals surface area contributed by atoms with Crippen LogP contribution in [0.2, 0.25) is 5.02 Å². The zero-order chi connectivity index (χ0) is 12.1. The van der Waals surface area contributed by atoms with Crippen molar-refractivity contribution in [2.75, 3.05) is 19.8 Å². The molecule has 1 aromatic carbocycles. The van der Waals surface area contributed by atoms with Crippen molar-refractivity contribution in [3.8, 4) is 5.75 Å². The molecule has 1 fully saturated rings. The first-order chi connectivity index (χ1) is 8.27. The second kappa shape index (κ2) is 5.89. The predicted molar refractivity (Wildman–Crippen MR) is 63.8 cm³/mol. The standard InChI is InChI=1S/C12H14ClNO3/c13-10-4-1-2-5-11(10)16-9-6-12(15)14-7-3-8-17-14/h1-2,4-5H,3,6-9H2. The number of hydrogen-bond donors (Lipinski definition) is 0. The van der Waals surface area contributed by atoms with Crippen LogP contribution in [0.3, 0.4) is 0 Å². The first-order valence-electron chi connectivity index (χ1n) is 5.58. The maximum absolute atomic E-state index is 11.6. The van der Waals surface area contributed by atoms with Crippen LogP contribution < -0.4 is 4.74 Å². The van der Waals surface area contributed by atoms with Gasteiger partial charge in [-0.2, -0.15) is 0 Å². The van der Waals surface area contributed by atoms with Crippen molar-refractivity contribution in [3.05, 3.63) is 29.3 Å². The molecular formula is C12H14ClNO3. The molecule has 0 N–H and O–H groups in total. The van der Waals surface area contributed by atoms with Crippen molar-refractivity contribution < 1.29 is 14.4 Å². The topological polar surface area (TPSA) is 38.8 Å². The predicted octanol–water partition coefficient (Wildman–Crippen LogP) is 2.27. The van der Waals surface area contributed by atoms with E-state index < -0.39 is 0 Å². The van der Waals surface area contributed by atoms with Crippen molar-refractivity contribution in [2.45, 2.75) is 12.8 Å². The second-order valence-electron chi connectivity index (χ2n) is 3.71. The maximum Gasteiger partial charge on any atom is 0.249 e. The Bertz CT molecular complexity index is 391. The summed E-state index contributed by atoms with van der Waals surface area (Å²) in [5, 5.41) is 1.95. The monoisotopic (exact) mass is 255 g/mol. The Kier molecular flexibility index (Phi) is 4.23. The van der Waals surface area contributed by atoms with Crippen LogP contribution in [0, 0.1) is 0 Å². The number of carbonyl (C=O) groups excluding carboxylic acids is 1. The minimum absolute atomic E-state index is 0.0467. The van der Waals surface area contributed by atoms with E-state index in [1.54, 1.807) is 12.1 Å². The van der Waals surface area contributed by atoms with Crippen LogP contribution in [0.5, 0.6) is 5.75 Å². The van der Waals surface area contributed by atoms with Crippen LogP contribution >= 0.6 is 11.6 Å². The van der Waals surface area contributed by atoms with Crippen molar-refractivity contribution in [1.82, 2.24) is 5.06 Å². The Balaban J connectivity index is 1.76. The molecule has 0 radical (unpaired) electrons. The summed E-state index contributed by atoms with van der Waals surface area (Å²) in [5.41, 5.74) is 0. The molecule has 1 saturated heterocycles. The highest BCUT2D eigenvalue weighted by molar-refractivity contribution is 6.32. The van der Waals surface area contributed by atoms with Gasteiger partial charge in [0.15, 0.2) is 0 Å². The highest BCUT2D eigenvalue weighted by Gasteiger charge is 2.18. The van der Waals surface area contributed by atoms with Gasteiger partial charge in [-0.1, -0.05) is 23.7 Å². The second-order valence-corrected chi connectivity index (χ2v) is 4.12. The van der Waals surface area contributed by atoms with Gasteiger partial charge in [0, 0.05) is 0 Å². The first-order valence-corrected chi connectivity index (χ1v) is 5.96. The number of hydroxylamine groups is 2. The lowest BCUT2D eigenvalue weighted by Gasteiger charge is -2.14. The lowest BCUT2D eigenvalue weighted by atomic mass is 10.3. The van der Waals surface area contributed by atoms with E-state index in [-0.39, 0.29) is 5.91 Å². The summed E-state index contributed by atoms with van der Waals surface area (Å²) in [5.74, 6) is 0.555. The molecule has 0 bridgehead atoms. The molecule has 1 aliphatic heterocycles. The van der Waals surface area contributed by atoms with Crippen LogP contribution in [0.15, 0.2) is 24.3 Å². The van der Waals surface area contributed by atoms with E-state index in [1.807, 2.05) is 12.1 Å². The molecule has 1 heterocycles. The van der Waals surface area contributed by atoms with Gasteiger partial charge in [-0.3, -0.25) is 9.63 Å². The summed E-state index contributed by atoms with van der Waals surface area (Å²) < 4.78 is 5.43. The van der Waals surface area contributed by atoms with Gasteiger partial charge in [0.05, 0.1) is 31.2 Å². The Morgan fingerprint density at radius 3 is 3.00 bits per heavy atom. The maximum atomic E-state index is 11.6. The summed E-state index contributed by atoms with van der Waals surface area (Å²) >= 11 is 5.92. The molecule has 4 nitrogen and oxygen atoms in total. The molecule has 0 atom stereocenters. The number of para-hydroxylation sites is 1. The van der Waals surface area contributed by atoms with Gasteiger partial charge in [0.25, 0.3) is 0 Å². The molecule has 1 amide bonds. The number of hydrogen-bond acceptors (Lipinski definition) is 3. The van der Waals surface area contributed by atoms with Crippen LogP contribution in [-0.4, -0.2) is 30.7 Å². The van der Waals surface area contributed by atoms with E-state index in [9.17, 15) is 4.79 Å². The minimum Gasteiger partial charge on any atom is -0.491 e. The van der Waals surface area contributed by atoms with Crippen LogP contribution in [0.1, 0.15) is 12.8 Å². The van der Waals surface area contributed by atoms with E-state index in [4.69, 9.17) is 21.2 Å². The van der Waals surface area contributed by atoms with Gasteiger partial charge in [0.2, 0.25) is 5.91 Å². The van der Waals surface area contributed by atoms with Gasteiger partial charge in [-0.25, -0.2) is 5.06 Å². The lowest BCUT2D eigenvalue weighted by molar-refractivity contribution is -0.169. The van der Waals surface area contributed by atoms with Crippen LogP contribution in [0.25, 0.3) is 0 Å². The number of nitrogens with zero attached hydrogens (tertiary/aromatic N) is 1. The largest absolute Gasteiger partial charge is 0.491 e. The smallest absolute Gasteiger partial charge is 0.249 e. The van der Waals surface area contributed by atoms with Crippen molar-refractivity contribution in [1.29, 1.82) is 0 Å². The summed E-state index contributed by atoms with van der Waals surface area (Å²) in [6.07, 6.45) is 1.20. The minimum atomic E-state index is -0.0467. The highest BCUT2D eigenvalue weighted by Crippen LogP contribution is 2.23. The third kappa shape index (κ3) is 3.35. The Hall–Kier alpha value is -1.26. The summed E-state index contributed by atoms with van der Waals surface area (Å²) in [7, 11) is 0. The summed E-state index contributed by atoms with van der Waals surface area (Å²) in [6.45, 7) is 1.60. The van der Waals surface area contributed by atoms with Gasteiger partial charge >= 0.3 is 0 Å². The lowest BCUT2D eigenvalue weighted by Crippen LogP contribution is -2.27. The molecule has 0 saturated carbocycles. The third-order valence-electron chi connectivity index (χ3n) is 2.44. The third-order valence-corrected chi connectivity index (χ3v) is 2.75. The number of rotatable bonds is 4. The van der Waals surface area contributed by atoms with Gasteiger partial charge in [-0.05, 0) is 18.6 Å². The van der Waals surface area contributed by atoms with E-state index >= 15 is 0 Å². The zero-order valence-corrected chi connectivity index (χ0v) is 10.2. The zero-order valence-electron chi connectivity index (χ0n) is 9.39. The number of benzene rings is 1. The van der Waals surface area contributed by atoms with Crippen LogP contribution in [0.4, 0.5) is 0 Å².